The molecule has 0 spiro atoms. The first-order chi connectivity index (χ1) is 10.0. The molecule has 120 valence electrons. The molecule has 0 unspecified atom stereocenters. The van der Waals surface area contributed by atoms with Crippen LogP contribution in [0.25, 0.3) is 0 Å². The van der Waals surface area contributed by atoms with Gasteiger partial charge >= 0.3 is 48.9 Å². The van der Waals surface area contributed by atoms with Crippen LogP contribution in [0.4, 0.5) is 11.4 Å². The van der Waals surface area contributed by atoms with E-state index in [-0.39, 0.29) is 70.0 Å². The number of anilines is 2. The first kappa shape index (κ1) is 22.4. The molecule has 11 heteroatoms. The van der Waals surface area contributed by atoms with Crippen molar-refractivity contribution in [3.63, 3.8) is 0 Å². The molecule has 0 radical (unpaired) electrons. The van der Waals surface area contributed by atoms with Crippen molar-refractivity contribution < 1.29 is 25.9 Å². The standard InChI is InChI=1S/2C6H7NO3S.Ba/c2*7-5-3-1-2-4-6(5)11(8,9)10;/h2*1-4H,7H2,(H,8,9,10);/q;;+2/p-2. The number of benzene rings is 2. The molecule has 0 aliphatic carbocycles. The van der Waals surface area contributed by atoms with Crippen molar-refractivity contribution in [2.24, 2.45) is 0 Å². The summed E-state index contributed by atoms with van der Waals surface area (Å²) < 4.78 is 62.5. The van der Waals surface area contributed by atoms with Crippen LogP contribution in [0.5, 0.6) is 0 Å². The van der Waals surface area contributed by atoms with Gasteiger partial charge in [0, 0.05) is 11.4 Å². The molecule has 2 aromatic carbocycles. The van der Waals surface area contributed by atoms with Crippen molar-refractivity contribution >= 4 is 80.5 Å². The van der Waals surface area contributed by atoms with Crippen LogP contribution in [-0.4, -0.2) is 74.8 Å². The Balaban J connectivity index is 0.000000403. The van der Waals surface area contributed by atoms with Crippen molar-refractivity contribution in [3.05, 3.63) is 48.5 Å². The average molecular weight is 482 g/mol. The maximum Gasteiger partial charge on any atom is 2.00 e. The number of rotatable bonds is 2. The molecule has 0 aliphatic rings. The number of hydrogen-bond donors (Lipinski definition) is 2. The minimum absolute atomic E-state index is 0. The van der Waals surface area contributed by atoms with E-state index in [0.717, 1.165) is 0 Å². The summed E-state index contributed by atoms with van der Waals surface area (Å²) in [4.78, 5) is -0.722. The fourth-order valence-corrected chi connectivity index (χ4v) is 2.62. The zero-order chi connectivity index (χ0) is 17.0. The number of nitrogens with two attached hydrogens (primary N) is 2. The van der Waals surface area contributed by atoms with Gasteiger partial charge in [-0.15, -0.1) is 0 Å². The van der Waals surface area contributed by atoms with Gasteiger partial charge in [-0.05, 0) is 24.3 Å². The van der Waals surface area contributed by atoms with E-state index in [1.807, 2.05) is 0 Å². The number of hydrogen-bond acceptors (Lipinski definition) is 8. The van der Waals surface area contributed by atoms with E-state index in [9.17, 15) is 25.9 Å². The maximum absolute atomic E-state index is 10.4. The van der Waals surface area contributed by atoms with Crippen LogP contribution < -0.4 is 11.5 Å². The van der Waals surface area contributed by atoms with Gasteiger partial charge in [0.15, 0.2) is 0 Å². The Kier molecular flexibility index (Phi) is 8.83. The second-order valence-corrected chi connectivity index (χ2v) is 6.68. The molecule has 0 aliphatic heterocycles. The van der Waals surface area contributed by atoms with Crippen LogP contribution in [0.2, 0.25) is 0 Å². The average Bonchev–Trinajstić information content (AvgIpc) is 2.37. The molecule has 0 atom stereocenters. The van der Waals surface area contributed by atoms with Crippen molar-refractivity contribution in [2.75, 3.05) is 11.5 Å². The first-order valence-corrected chi connectivity index (χ1v) is 8.46. The van der Waals surface area contributed by atoms with Crippen LogP contribution >= 0.6 is 0 Å². The predicted molar refractivity (Wildman–Crippen MR) is 83.4 cm³/mol. The molecule has 0 aromatic heterocycles. The van der Waals surface area contributed by atoms with Gasteiger partial charge in [0.05, 0.1) is 9.79 Å². The normalized spacial score (nSPS) is 10.9. The van der Waals surface area contributed by atoms with E-state index < -0.39 is 20.2 Å². The molecular formula is C12H12BaN2O6S2. The Morgan fingerprint density at radius 2 is 0.913 bits per heavy atom. The summed E-state index contributed by atoms with van der Waals surface area (Å²) >= 11 is 0. The minimum Gasteiger partial charge on any atom is -0.744 e. The van der Waals surface area contributed by atoms with Crippen LogP contribution in [0.3, 0.4) is 0 Å². The van der Waals surface area contributed by atoms with Gasteiger partial charge < -0.3 is 20.6 Å². The van der Waals surface area contributed by atoms with Gasteiger partial charge in [0.25, 0.3) is 0 Å². The number of nitrogen functional groups attached to an aromatic ring is 2. The molecule has 0 amide bonds. The van der Waals surface area contributed by atoms with Gasteiger partial charge in [-0.25, -0.2) is 16.8 Å². The topological polar surface area (TPSA) is 166 Å². The summed E-state index contributed by atoms with van der Waals surface area (Å²) in [5.74, 6) is 0. The minimum atomic E-state index is -4.41. The third kappa shape index (κ3) is 7.24. The van der Waals surface area contributed by atoms with Gasteiger partial charge in [-0.3, -0.25) is 0 Å². The molecule has 0 saturated carbocycles. The zero-order valence-corrected chi connectivity index (χ0v) is 17.8. The molecule has 0 heterocycles. The van der Waals surface area contributed by atoms with Crippen molar-refractivity contribution in [1.29, 1.82) is 0 Å². The molecule has 8 nitrogen and oxygen atoms in total. The third-order valence-corrected chi connectivity index (χ3v) is 4.20. The molecule has 2 aromatic rings. The Hall–Kier alpha value is -0.569. The summed E-state index contributed by atoms with van der Waals surface area (Å²) in [5.41, 5.74) is 10.4. The Morgan fingerprint density at radius 3 is 1.09 bits per heavy atom. The summed E-state index contributed by atoms with van der Waals surface area (Å²) in [6.45, 7) is 0. The van der Waals surface area contributed by atoms with Gasteiger partial charge in [0.2, 0.25) is 0 Å². The smallest absolute Gasteiger partial charge is 0.744 e. The number of para-hydroxylation sites is 2. The van der Waals surface area contributed by atoms with Crippen molar-refractivity contribution in [2.45, 2.75) is 9.79 Å². The van der Waals surface area contributed by atoms with Gasteiger partial charge in [-0.1, -0.05) is 24.3 Å². The molecule has 0 bridgehead atoms. The Morgan fingerprint density at radius 1 is 0.652 bits per heavy atom. The molecule has 4 N–H and O–H groups in total. The van der Waals surface area contributed by atoms with E-state index >= 15 is 0 Å². The summed E-state index contributed by atoms with van der Waals surface area (Å²) in [7, 11) is -8.82. The third-order valence-electron chi connectivity index (χ3n) is 2.38. The predicted octanol–water partition coefficient (Wildman–Crippen LogP) is -0.0350. The molecule has 0 saturated heterocycles. The molecular weight excluding hydrogens is 470 g/mol. The van der Waals surface area contributed by atoms with E-state index in [1.54, 1.807) is 12.1 Å². The zero-order valence-electron chi connectivity index (χ0n) is 11.7. The maximum atomic E-state index is 10.4. The second kappa shape index (κ2) is 9.06. The fourth-order valence-electron chi connectivity index (χ4n) is 1.42. The van der Waals surface area contributed by atoms with Crippen LogP contribution in [0.1, 0.15) is 0 Å². The van der Waals surface area contributed by atoms with Crippen molar-refractivity contribution in [1.82, 2.24) is 0 Å². The molecule has 2 rings (SSSR count). The van der Waals surface area contributed by atoms with E-state index in [2.05, 4.69) is 0 Å². The SMILES string of the molecule is Nc1ccccc1S(=O)(=O)[O-].Nc1ccccc1S(=O)(=O)[O-].[Ba+2]. The first-order valence-electron chi connectivity index (χ1n) is 5.64. The largest absolute Gasteiger partial charge is 2.00 e. The summed E-state index contributed by atoms with van der Waals surface area (Å²) in [6.07, 6.45) is 0. The van der Waals surface area contributed by atoms with Gasteiger partial charge in [-0.2, -0.15) is 0 Å². The van der Waals surface area contributed by atoms with E-state index in [4.69, 9.17) is 11.5 Å². The second-order valence-electron chi connectivity index (χ2n) is 3.98. The Labute approximate surface area is 174 Å². The summed E-state index contributed by atoms with van der Waals surface area (Å²) in [6, 6.07) is 11.1. The summed E-state index contributed by atoms with van der Waals surface area (Å²) in [5, 5.41) is 0. The van der Waals surface area contributed by atoms with E-state index in [1.165, 1.54) is 36.4 Å². The fraction of sp³-hybridized carbons (Fsp3) is 0. The van der Waals surface area contributed by atoms with Gasteiger partial charge in [0.1, 0.15) is 20.2 Å². The van der Waals surface area contributed by atoms with Crippen LogP contribution in [0, 0.1) is 0 Å². The Bertz CT molecular complexity index is 795. The molecule has 23 heavy (non-hydrogen) atoms. The monoisotopic (exact) mass is 482 g/mol. The van der Waals surface area contributed by atoms with Crippen LogP contribution in [-0.2, 0) is 20.2 Å². The van der Waals surface area contributed by atoms with E-state index in [0.29, 0.717) is 0 Å². The molecule has 0 fully saturated rings. The van der Waals surface area contributed by atoms with Crippen LogP contribution in [0.15, 0.2) is 58.3 Å². The quantitative estimate of drug-likeness (QED) is 0.342. The van der Waals surface area contributed by atoms with Crippen molar-refractivity contribution in [3.8, 4) is 0 Å².